The molecule has 3 heteroatoms. The molecule has 0 aliphatic rings. The quantitative estimate of drug-likeness (QED) is 0.897. The minimum atomic E-state index is -0.507. The van der Waals surface area contributed by atoms with Crippen molar-refractivity contribution < 1.29 is 9.84 Å². The van der Waals surface area contributed by atoms with Crippen molar-refractivity contribution in [1.29, 1.82) is 0 Å². The summed E-state index contributed by atoms with van der Waals surface area (Å²) in [5.41, 5.74) is 1.10. The van der Waals surface area contributed by atoms with Gasteiger partial charge in [0, 0.05) is 10.0 Å². The molecule has 96 valence electrons. The van der Waals surface area contributed by atoms with Crippen molar-refractivity contribution in [2.24, 2.45) is 5.41 Å². The van der Waals surface area contributed by atoms with Gasteiger partial charge < -0.3 is 9.84 Å². The highest BCUT2D eigenvalue weighted by atomic mass is 79.9. The summed E-state index contributed by atoms with van der Waals surface area (Å²) >= 11 is 3.42. The molecule has 17 heavy (non-hydrogen) atoms. The van der Waals surface area contributed by atoms with E-state index in [4.69, 9.17) is 4.74 Å². The molecule has 1 aromatic rings. The van der Waals surface area contributed by atoms with Gasteiger partial charge in [0.25, 0.3) is 0 Å². The number of rotatable bonds is 4. The highest BCUT2D eigenvalue weighted by Crippen LogP contribution is 2.29. The van der Waals surface area contributed by atoms with E-state index in [1.54, 1.807) is 6.92 Å². The van der Waals surface area contributed by atoms with Crippen molar-refractivity contribution in [1.82, 2.24) is 0 Å². The van der Waals surface area contributed by atoms with Crippen molar-refractivity contribution in [2.75, 3.05) is 6.61 Å². The van der Waals surface area contributed by atoms with E-state index >= 15 is 0 Å². The molecule has 0 aliphatic heterocycles. The summed E-state index contributed by atoms with van der Waals surface area (Å²) < 4.78 is 6.73. The molecule has 2 nitrogen and oxygen atoms in total. The number of hydrogen-bond acceptors (Lipinski definition) is 2. The Balaban J connectivity index is 2.72. The van der Waals surface area contributed by atoms with Gasteiger partial charge in [-0.1, -0.05) is 42.8 Å². The molecule has 0 spiro atoms. The number of hydrogen-bond donors (Lipinski definition) is 1. The molecule has 0 saturated heterocycles. The Hall–Kier alpha value is -0.540. The van der Waals surface area contributed by atoms with E-state index in [2.05, 4.69) is 36.7 Å². The van der Waals surface area contributed by atoms with Gasteiger partial charge in [0.1, 0.15) is 5.75 Å². The lowest BCUT2D eigenvalue weighted by Gasteiger charge is -2.19. The van der Waals surface area contributed by atoms with Crippen LogP contribution < -0.4 is 4.74 Å². The smallest absolute Gasteiger partial charge is 0.126 e. The molecule has 1 unspecified atom stereocenters. The second-order valence-corrected chi connectivity index (χ2v) is 6.43. The second-order valence-electron chi connectivity index (χ2n) is 5.52. The first-order valence-corrected chi connectivity index (χ1v) is 6.69. The van der Waals surface area contributed by atoms with Crippen molar-refractivity contribution in [2.45, 2.75) is 40.2 Å². The van der Waals surface area contributed by atoms with Gasteiger partial charge >= 0.3 is 0 Å². The molecule has 0 bridgehead atoms. The van der Waals surface area contributed by atoms with Gasteiger partial charge in [0.2, 0.25) is 0 Å². The zero-order valence-electron chi connectivity index (χ0n) is 11.0. The van der Waals surface area contributed by atoms with Gasteiger partial charge in [0.05, 0.1) is 12.7 Å². The average Bonchev–Trinajstić information content (AvgIpc) is 2.15. The van der Waals surface area contributed by atoms with Crippen molar-refractivity contribution >= 4 is 15.9 Å². The SMILES string of the molecule is CC(O)c1ccc(Br)cc1OCCC(C)(C)C. The van der Waals surface area contributed by atoms with Crippen molar-refractivity contribution in [3.05, 3.63) is 28.2 Å². The molecule has 0 saturated carbocycles. The molecule has 1 aromatic carbocycles. The van der Waals surface area contributed by atoms with Crippen LogP contribution in [0.4, 0.5) is 0 Å². The van der Waals surface area contributed by atoms with Crippen LogP contribution in [0.25, 0.3) is 0 Å². The van der Waals surface area contributed by atoms with Gasteiger partial charge in [0.15, 0.2) is 0 Å². The number of ether oxygens (including phenoxy) is 1. The lowest BCUT2D eigenvalue weighted by atomic mass is 9.93. The van der Waals surface area contributed by atoms with Gasteiger partial charge in [-0.15, -0.1) is 0 Å². The normalized spacial score (nSPS) is 13.5. The van der Waals surface area contributed by atoms with E-state index in [0.717, 1.165) is 22.2 Å². The average molecular weight is 301 g/mol. The number of aliphatic hydroxyl groups is 1. The first-order valence-electron chi connectivity index (χ1n) is 5.90. The molecule has 0 amide bonds. The van der Waals surface area contributed by atoms with Crippen LogP contribution in [0, 0.1) is 5.41 Å². The minimum Gasteiger partial charge on any atom is -0.493 e. The Labute approximate surface area is 112 Å². The molecule has 0 heterocycles. The van der Waals surface area contributed by atoms with Crippen LogP contribution in [0.15, 0.2) is 22.7 Å². The summed E-state index contributed by atoms with van der Waals surface area (Å²) in [6.07, 6.45) is 0.478. The predicted molar refractivity (Wildman–Crippen MR) is 74.3 cm³/mol. The van der Waals surface area contributed by atoms with Crippen LogP contribution in [0.1, 0.15) is 45.8 Å². The minimum absolute atomic E-state index is 0.261. The summed E-state index contributed by atoms with van der Waals surface area (Å²) in [7, 11) is 0. The number of benzene rings is 1. The summed E-state index contributed by atoms with van der Waals surface area (Å²) in [5.74, 6) is 0.763. The molecule has 1 atom stereocenters. The largest absolute Gasteiger partial charge is 0.493 e. The lowest BCUT2D eigenvalue weighted by molar-refractivity contribution is 0.186. The van der Waals surface area contributed by atoms with Gasteiger partial charge in [-0.3, -0.25) is 0 Å². The molecular formula is C14H21BrO2. The summed E-state index contributed by atoms with van der Waals surface area (Å²) in [5, 5.41) is 9.66. The summed E-state index contributed by atoms with van der Waals surface area (Å²) in [4.78, 5) is 0. The Morgan fingerprint density at radius 3 is 2.53 bits per heavy atom. The third-order valence-corrected chi connectivity index (χ3v) is 3.03. The van der Waals surface area contributed by atoms with Crippen molar-refractivity contribution in [3.8, 4) is 5.75 Å². The molecular weight excluding hydrogens is 280 g/mol. The van der Waals surface area contributed by atoms with Crippen LogP contribution >= 0.6 is 15.9 Å². The molecule has 1 rings (SSSR count). The predicted octanol–water partition coefficient (Wildman–Crippen LogP) is 4.32. The van der Waals surface area contributed by atoms with E-state index in [9.17, 15) is 5.11 Å². The maximum Gasteiger partial charge on any atom is 0.126 e. The standard InChI is InChI=1S/C14H21BrO2/c1-10(16)12-6-5-11(15)9-13(12)17-8-7-14(2,3)4/h5-6,9-10,16H,7-8H2,1-4H3. The maximum atomic E-state index is 9.66. The summed E-state index contributed by atoms with van der Waals surface area (Å²) in [6.45, 7) is 8.98. The molecule has 0 aliphatic carbocycles. The third kappa shape index (κ3) is 5.09. The first kappa shape index (κ1) is 14.5. The van der Waals surface area contributed by atoms with Gasteiger partial charge in [-0.2, -0.15) is 0 Å². The summed E-state index contributed by atoms with van der Waals surface area (Å²) in [6, 6.07) is 5.71. The highest BCUT2D eigenvalue weighted by molar-refractivity contribution is 9.10. The van der Waals surface area contributed by atoms with E-state index < -0.39 is 6.10 Å². The van der Waals surface area contributed by atoms with Crippen molar-refractivity contribution in [3.63, 3.8) is 0 Å². The highest BCUT2D eigenvalue weighted by Gasteiger charge is 2.13. The first-order chi connectivity index (χ1) is 7.79. The fraction of sp³-hybridized carbons (Fsp3) is 0.571. The van der Waals surface area contributed by atoms with Crippen LogP contribution in [0.2, 0.25) is 0 Å². The van der Waals surface area contributed by atoms with Crippen LogP contribution in [-0.4, -0.2) is 11.7 Å². The molecule has 0 fully saturated rings. The third-order valence-electron chi connectivity index (χ3n) is 2.54. The zero-order chi connectivity index (χ0) is 13.1. The second kappa shape index (κ2) is 5.87. The Bertz CT molecular complexity index is 367. The van der Waals surface area contributed by atoms with Crippen LogP contribution in [-0.2, 0) is 0 Å². The van der Waals surface area contributed by atoms with Crippen LogP contribution in [0.5, 0.6) is 5.75 Å². The number of halogens is 1. The van der Waals surface area contributed by atoms with E-state index in [1.807, 2.05) is 18.2 Å². The van der Waals surface area contributed by atoms with Gasteiger partial charge in [-0.25, -0.2) is 0 Å². The molecule has 1 N–H and O–H groups in total. The zero-order valence-corrected chi connectivity index (χ0v) is 12.5. The Kier molecular flexibility index (Phi) is 5.02. The topological polar surface area (TPSA) is 29.5 Å². The fourth-order valence-electron chi connectivity index (χ4n) is 1.45. The Morgan fingerprint density at radius 1 is 1.35 bits per heavy atom. The van der Waals surface area contributed by atoms with Crippen LogP contribution in [0.3, 0.4) is 0 Å². The Morgan fingerprint density at radius 2 is 2.00 bits per heavy atom. The van der Waals surface area contributed by atoms with E-state index in [1.165, 1.54) is 0 Å². The molecule has 0 aromatic heterocycles. The lowest BCUT2D eigenvalue weighted by Crippen LogP contribution is -2.12. The fourth-order valence-corrected chi connectivity index (χ4v) is 1.79. The monoisotopic (exact) mass is 300 g/mol. The molecule has 0 radical (unpaired) electrons. The number of aliphatic hydroxyl groups excluding tert-OH is 1. The van der Waals surface area contributed by atoms with E-state index in [-0.39, 0.29) is 5.41 Å². The van der Waals surface area contributed by atoms with Gasteiger partial charge in [-0.05, 0) is 30.9 Å². The maximum absolute atomic E-state index is 9.66. The van der Waals surface area contributed by atoms with E-state index in [0.29, 0.717) is 6.61 Å².